The van der Waals surface area contributed by atoms with Gasteiger partial charge < -0.3 is 37.3 Å². The van der Waals surface area contributed by atoms with Crippen molar-refractivity contribution in [3.05, 3.63) is 413 Å². The summed E-state index contributed by atoms with van der Waals surface area (Å²) in [4.78, 5) is 27.9. The van der Waals surface area contributed by atoms with Gasteiger partial charge >= 0.3 is 0 Å². The van der Waals surface area contributed by atoms with E-state index in [-0.39, 0.29) is 0 Å². The first-order valence-corrected chi connectivity index (χ1v) is 37.1. The van der Waals surface area contributed by atoms with Crippen molar-refractivity contribution in [2.24, 2.45) is 0 Å². The zero-order valence-corrected chi connectivity index (χ0v) is 60.5. The summed E-state index contributed by atoms with van der Waals surface area (Å²) in [6.07, 6.45) is 0. The zero-order chi connectivity index (χ0) is 74.5. The standard InChI is InChI=1S/2C50H34N4O2/c1-3-15-39(16-4-1)53(43-19-11-13-37(33-43)49-51-45-21-7-9-23-47(45)55-49)41-29-25-35(26-30-41)36-27-31-42(32-28-36)54(40-17-5-2-6-18-40)44-20-12-14-38(34-44)50-52-46-22-8-10-24-48(46)56-50;1-3-11-39(12-4-1)53(43-31-23-37(24-32-43)49-51-45-15-7-9-17-47(45)55-49)41-27-19-35(20-28-41)36-21-29-42(30-22-36)54(40-13-5-2-6-14-40)44-33-25-38(26-34-44)50-52-46-16-8-10-18-48(46)56-50/h2*1-34H. The Balaban J connectivity index is 0.000000151. The van der Waals surface area contributed by atoms with Gasteiger partial charge in [-0.05, 0) is 253 Å². The first-order valence-electron chi connectivity index (χ1n) is 37.1. The minimum absolute atomic E-state index is 0.599. The van der Waals surface area contributed by atoms with Crippen LogP contribution in [0.25, 0.3) is 112 Å². The third-order valence-corrected chi connectivity index (χ3v) is 19.8. The van der Waals surface area contributed by atoms with E-state index in [2.05, 4.69) is 309 Å². The number of oxazole rings is 4. The minimum Gasteiger partial charge on any atom is -0.436 e. The summed E-state index contributed by atoms with van der Waals surface area (Å²) in [6, 6.07) is 141. The molecule has 12 heteroatoms. The van der Waals surface area contributed by atoms with Gasteiger partial charge in [0.25, 0.3) is 0 Å². The number of para-hydroxylation sites is 12. The van der Waals surface area contributed by atoms with E-state index in [1.807, 2.05) is 133 Å². The SMILES string of the molecule is c1ccc(N(c2ccc(-c3ccc(N(c4ccccc4)c4ccc(-c5nc6ccccc6o5)cc4)cc3)cc2)c2ccc(-c3nc4ccccc4o3)cc2)cc1.c1ccc(N(c2ccc(-c3ccc(N(c4ccccc4)c4cccc(-c5nc6ccccc6o5)c4)cc3)cc2)c2cccc(-c3nc4ccccc4o3)c2)cc1. The molecule has 4 heterocycles. The predicted octanol–water partition coefficient (Wildman–Crippen LogP) is 27.8. The Labute approximate surface area is 646 Å². The molecular weight excluding hydrogens is 1380 g/mol. The maximum Gasteiger partial charge on any atom is 0.227 e. The van der Waals surface area contributed by atoms with Crippen LogP contribution in [0.2, 0.25) is 0 Å². The lowest BCUT2D eigenvalue weighted by atomic mass is 10.0. The van der Waals surface area contributed by atoms with Gasteiger partial charge in [-0.25, -0.2) is 19.9 Å². The fourth-order valence-electron chi connectivity index (χ4n) is 14.4. The summed E-state index contributed by atoms with van der Waals surface area (Å²) in [5.74, 6) is 2.42. The average Bonchev–Trinajstić information content (AvgIpc) is 1.32. The molecule has 20 aromatic rings. The Kier molecular flexibility index (Phi) is 18.1. The van der Waals surface area contributed by atoms with Crippen LogP contribution in [-0.4, -0.2) is 19.9 Å². The highest BCUT2D eigenvalue weighted by Gasteiger charge is 2.22. The third kappa shape index (κ3) is 13.9. The van der Waals surface area contributed by atoms with Crippen molar-refractivity contribution in [3.8, 4) is 68.1 Å². The average molecular weight is 1450 g/mol. The summed E-state index contributed by atoms with van der Waals surface area (Å²) >= 11 is 0. The molecule has 0 N–H and O–H groups in total. The van der Waals surface area contributed by atoms with Gasteiger partial charge in [0.15, 0.2) is 22.3 Å². The summed E-state index contributed by atoms with van der Waals surface area (Å²) in [6.45, 7) is 0. The molecule has 12 nitrogen and oxygen atoms in total. The first-order chi connectivity index (χ1) is 55.5. The van der Waals surface area contributed by atoms with Crippen molar-refractivity contribution in [2.45, 2.75) is 0 Å². The third-order valence-electron chi connectivity index (χ3n) is 19.8. The second kappa shape index (κ2) is 30.1. The zero-order valence-electron chi connectivity index (χ0n) is 60.5. The molecule has 112 heavy (non-hydrogen) atoms. The van der Waals surface area contributed by atoms with Crippen LogP contribution < -0.4 is 19.6 Å². The smallest absolute Gasteiger partial charge is 0.227 e. The molecule has 4 aromatic heterocycles. The van der Waals surface area contributed by atoms with Crippen LogP contribution in [0, 0.1) is 0 Å². The van der Waals surface area contributed by atoms with Crippen LogP contribution in [-0.2, 0) is 0 Å². The number of hydrogen-bond acceptors (Lipinski definition) is 12. The number of rotatable bonds is 18. The van der Waals surface area contributed by atoms with Crippen molar-refractivity contribution < 1.29 is 17.7 Å². The maximum absolute atomic E-state index is 6.13. The molecule has 0 amide bonds. The van der Waals surface area contributed by atoms with Gasteiger partial charge in [0, 0.05) is 90.5 Å². The van der Waals surface area contributed by atoms with Crippen LogP contribution in [0.5, 0.6) is 0 Å². The van der Waals surface area contributed by atoms with Crippen LogP contribution >= 0.6 is 0 Å². The lowest BCUT2D eigenvalue weighted by Gasteiger charge is -2.26. The van der Waals surface area contributed by atoms with Gasteiger partial charge in [0.05, 0.1) is 0 Å². The lowest BCUT2D eigenvalue weighted by Crippen LogP contribution is -2.10. The van der Waals surface area contributed by atoms with Crippen molar-refractivity contribution in [3.63, 3.8) is 0 Å². The molecule has 0 fully saturated rings. The van der Waals surface area contributed by atoms with E-state index in [9.17, 15) is 0 Å². The highest BCUT2D eigenvalue weighted by molar-refractivity contribution is 5.88. The first kappa shape index (κ1) is 67.2. The van der Waals surface area contributed by atoms with Gasteiger partial charge in [0.2, 0.25) is 23.6 Å². The number of fused-ring (bicyclic) bond motifs is 4. The van der Waals surface area contributed by atoms with Crippen LogP contribution in [0.15, 0.2) is 430 Å². The Morgan fingerprint density at radius 2 is 0.330 bits per heavy atom. The van der Waals surface area contributed by atoms with Gasteiger partial charge in [-0.1, -0.05) is 182 Å². The molecule has 20 rings (SSSR count). The quantitative estimate of drug-likeness (QED) is 0.0814. The molecule has 0 unspecified atom stereocenters. The summed E-state index contributed by atoms with van der Waals surface area (Å²) in [5, 5.41) is 0. The van der Waals surface area contributed by atoms with Gasteiger partial charge in [-0.2, -0.15) is 0 Å². The fraction of sp³-hybridized carbons (Fsp3) is 0. The van der Waals surface area contributed by atoms with Crippen LogP contribution in [0.4, 0.5) is 68.2 Å². The molecular formula is C100H68N8O4. The normalized spacial score (nSPS) is 11.2. The summed E-state index contributed by atoms with van der Waals surface area (Å²) in [7, 11) is 0. The molecule has 16 aromatic carbocycles. The molecule has 0 spiro atoms. The largest absolute Gasteiger partial charge is 0.436 e. The Hall–Kier alpha value is -15.4. The predicted molar refractivity (Wildman–Crippen MR) is 455 cm³/mol. The molecule has 0 radical (unpaired) electrons. The molecule has 0 aliphatic carbocycles. The van der Waals surface area contributed by atoms with Crippen molar-refractivity contribution in [2.75, 3.05) is 19.6 Å². The van der Waals surface area contributed by atoms with Crippen molar-refractivity contribution in [1.29, 1.82) is 0 Å². The van der Waals surface area contributed by atoms with E-state index in [1.54, 1.807) is 0 Å². The van der Waals surface area contributed by atoms with Gasteiger partial charge in [-0.15, -0.1) is 0 Å². The number of benzene rings is 16. The number of nitrogens with zero attached hydrogens (tertiary/aromatic N) is 8. The Morgan fingerprint density at radius 3 is 0.571 bits per heavy atom. The van der Waals surface area contributed by atoms with E-state index >= 15 is 0 Å². The maximum atomic E-state index is 6.13. The van der Waals surface area contributed by atoms with E-state index in [4.69, 9.17) is 27.6 Å². The Bertz CT molecular complexity index is 6080. The molecule has 0 saturated heterocycles. The number of hydrogen-bond donors (Lipinski definition) is 0. The topological polar surface area (TPSA) is 117 Å². The number of aromatic nitrogens is 4. The molecule has 0 aliphatic rings. The van der Waals surface area contributed by atoms with E-state index in [1.165, 1.54) is 0 Å². The van der Waals surface area contributed by atoms with E-state index in [0.29, 0.717) is 23.6 Å². The van der Waals surface area contributed by atoms with Gasteiger partial charge in [0.1, 0.15) is 22.1 Å². The monoisotopic (exact) mass is 1440 g/mol. The Morgan fingerprint density at radius 1 is 0.143 bits per heavy atom. The van der Waals surface area contributed by atoms with Gasteiger partial charge in [-0.3, -0.25) is 0 Å². The fourth-order valence-corrected chi connectivity index (χ4v) is 14.4. The highest BCUT2D eigenvalue weighted by Crippen LogP contribution is 2.44. The van der Waals surface area contributed by atoms with Crippen LogP contribution in [0.1, 0.15) is 0 Å². The molecule has 0 aliphatic heterocycles. The second-order valence-corrected chi connectivity index (χ2v) is 27.0. The molecule has 0 atom stereocenters. The van der Waals surface area contributed by atoms with Crippen LogP contribution in [0.3, 0.4) is 0 Å². The van der Waals surface area contributed by atoms with E-state index in [0.717, 1.165) is 157 Å². The highest BCUT2D eigenvalue weighted by atomic mass is 16.4. The summed E-state index contributed by atoms with van der Waals surface area (Å²) in [5.41, 5.74) is 27.2. The minimum atomic E-state index is 0.599. The molecule has 532 valence electrons. The lowest BCUT2D eigenvalue weighted by molar-refractivity contribution is 0.619. The second-order valence-electron chi connectivity index (χ2n) is 27.0. The molecule has 0 bridgehead atoms. The summed E-state index contributed by atoms with van der Waals surface area (Å²) < 4.78 is 24.3. The van der Waals surface area contributed by atoms with E-state index < -0.39 is 0 Å². The number of anilines is 12. The van der Waals surface area contributed by atoms with Crippen molar-refractivity contribution >= 4 is 113 Å². The molecule has 0 saturated carbocycles. The van der Waals surface area contributed by atoms with Crippen molar-refractivity contribution in [1.82, 2.24) is 19.9 Å².